The Labute approximate surface area is 142 Å². The summed E-state index contributed by atoms with van der Waals surface area (Å²) >= 11 is 0. The SMILES string of the molecule is CC1(CCNC(=O)c2cccc(-c3ccccc3)c2)OCCCO1. The number of ether oxygens (including phenoxy) is 2. The van der Waals surface area contributed by atoms with E-state index in [1.54, 1.807) is 0 Å². The van der Waals surface area contributed by atoms with Crippen LogP contribution in [-0.2, 0) is 9.47 Å². The molecular formula is C20H23NO3. The molecule has 1 N–H and O–H groups in total. The molecule has 4 heteroatoms. The molecule has 1 amide bonds. The fraction of sp³-hybridized carbons (Fsp3) is 0.350. The molecule has 0 unspecified atom stereocenters. The van der Waals surface area contributed by atoms with Crippen molar-refractivity contribution in [3.8, 4) is 11.1 Å². The minimum absolute atomic E-state index is 0.0767. The lowest BCUT2D eigenvalue weighted by Crippen LogP contribution is -2.40. The van der Waals surface area contributed by atoms with Crippen LogP contribution in [0.25, 0.3) is 11.1 Å². The summed E-state index contributed by atoms with van der Waals surface area (Å²) in [5.74, 6) is -0.663. The highest BCUT2D eigenvalue weighted by Gasteiger charge is 2.28. The van der Waals surface area contributed by atoms with Crippen molar-refractivity contribution in [2.45, 2.75) is 25.6 Å². The number of hydrogen-bond acceptors (Lipinski definition) is 3. The Morgan fingerprint density at radius 3 is 2.50 bits per heavy atom. The van der Waals surface area contributed by atoms with Crippen LogP contribution in [0.3, 0.4) is 0 Å². The summed E-state index contributed by atoms with van der Waals surface area (Å²) in [4.78, 5) is 12.4. The summed E-state index contributed by atoms with van der Waals surface area (Å²) in [6, 6.07) is 17.7. The van der Waals surface area contributed by atoms with Gasteiger partial charge in [-0.15, -0.1) is 0 Å². The molecule has 1 heterocycles. The summed E-state index contributed by atoms with van der Waals surface area (Å²) in [6.07, 6.45) is 1.56. The van der Waals surface area contributed by atoms with Gasteiger partial charge in [0.15, 0.2) is 5.79 Å². The number of hydrogen-bond donors (Lipinski definition) is 1. The zero-order valence-corrected chi connectivity index (χ0v) is 14.0. The van der Waals surface area contributed by atoms with Gasteiger partial charge < -0.3 is 14.8 Å². The molecule has 0 spiro atoms. The second-order valence-corrected chi connectivity index (χ2v) is 6.14. The Kier molecular flexibility index (Phi) is 5.28. The molecular weight excluding hydrogens is 302 g/mol. The Bertz CT molecular complexity index is 678. The second-order valence-electron chi connectivity index (χ2n) is 6.14. The Balaban J connectivity index is 1.59. The van der Waals surface area contributed by atoms with Crippen LogP contribution < -0.4 is 5.32 Å². The van der Waals surface area contributed by atoms with Gasteiger partial charge in [-0.05, 0) is 36.6 Å². The molecule has 3 rings (SSSR count). The number of rotatable bonds is 5. The van der Waals surface area contributed by atoms with Crippen LogP contribution in [0.4, 0.5) is 0 Å². The van der Waals surface area contributed by atoms with Crippen molar-refractivity contribution >= 4 is 5.91 Å². The van der Waals surface area contributed by atoms with E-state index >= 15 is 0 Å². The van der Waals surface area contributed by atoms with Crippen LogP contribution in [-0.4, -0.2) is 31.5 Å². The zero-order valence-electron chi connectivity index (χ0n) is 14.0. The van der Waals surface area contributed by atoms with E-state index in [9.17, 15) is 4.79 Å². The third-order valence-corrected chi connectivity index (χ3v) is 4.20. The first-order valence-electron chi connectivity index (χ1n) is 8.38. The van der Waals surface area contributed by atoms with Crippen molar-refractivity contribution in [3.63, 3.8) is 0 Å². The van der Waals surface area contributed by atoms with Crippen LogP contribution in [0.1, 0.15) is 30.1 Å². The van der Waals surface area contributed by atoms with Gasteiger partial charge in [-0.3, -0.25) is 4.79 Å². The lowest BCUT2D eigenvalue weighted by molar-refractivity contribution is -0.257. The predicted molar refractivity (Wildman–Crippen MR) is 93.8 cm³/mol. The van der Waals surface area contributed by atoms with Gasteiger partial charge in [0, 0.05) is 18.5 Å². The maximum Gasteiger partial charge on any atom is 0.251 e. The summed E-state index contributed by atoms with van der Waals surface area (Å²) in [7, 11) is 0. The quantitative estimate of drug-likeness (QED) is 0.913. The summed E-state index contributed by atoms with van der Waals surface area (Å²) in [5, 5.41) is 2.95. The van der Waals surface area contributed by atoms with Crippen LogP contribution in [0.2, 0.25) is 0 Å². The number of nitrogens with one attached hydrogen (secondary N) is 1. The predicted octanol–water partition coefficient (Wildman–Crippen LogP) is 3.63. The highest BCUT2D eigenvalue weighted by atomic mass is 16.7. The number of amides is 1. The summed E-state index contributed by atoms with van der Waals surface area (Å²) in [6.45, 7) is 3.87. The van der Waals surface area contributed by atoms with Crippen molar-refractivity contribution < 1.29 is 14.3 Å². The van der Waals surface area contributed by atoms with Crippen LogP contribution in [0.5, 0.6) is 0 Å². The number of carbonyl (C=O) groups is 1. The number of benzene rings is 2. The lowest BCUT2D eigenvalue weighted by atomic mass is 10.0. The van der Waals surface area contributed by atoms with Crippen LogP contribution in [0, 0.1) is 0 Å². The summed E-state index contributed by atoms with van der Waals surface area (Å²) in [5.41, 5.74) is 2.80. The minimum atomic E-state index is -0.586. The Hall–Kier alpha value is -2.17. The fourth-order valence-electron chi connectivity index (χ4n) is 2.80. The van der Waals surface area contributed by atoms with E-state index in [-0.39, 0.29) is 5.91 Å². The average molecular weight is 325 g/mol. The van der Waals surface area contributed by atoms with Crippen molar-refractivity contribution in [3.05, 3.63) is 60.2 Å². The van der Waals surface area contributed by atoms with Gasteiger partial charge in [0.05, 0.1) is 13.2 Å². The maximum absolute atomic E-state index is 12.4. The van der Waals surface area contributed by atoms with Crippen molar-refractivity contribution in [1.29, 1.82) is 0 Å². The molecule has 0 atom stereocenters. The largest absolute Gasteiger partial charge is 0.352 e. The van der Waals surface area contributed by atoms with Gasteiger partial charge in [0.2, 0.25) is 0 Å². The topological polar surface area (TPSA) is 47.6 Å². The standard InChI is InChI=1S/C20H23NO3/c1-20(23-13-6-14-24-20)11-12-21-19(22)18-10-5-9-17(15-18)16-7-3-2-4-8-16/h2-5,7-10,15H,6,11-14H2,1H3,(H,21,22). The second kappa shape index (κ2) is 7.60. The third kappa shape index (κ3) is 4.22. The number of carbonyl (C=O) groups excluding carboxylic acids is 1. The molecule has 2 aromatic carbocycles. The van der Waals surface area contributed by atoms with Crippen molar-refractivity contribution in [1.82, 2.24) is 5.32 Å². The fourth-order valence-corrected chi connectivity index (χ4v) is 2.80. The lowest BCUT2D eigenvalue weighted by Gasteiger charge is -2.33. The highest BCUT2D eigenvalue weighted by Crippen LogP contribution is 2.22. The van der Waals surface area contributed by atoms with Gasteiger partial charge in [0.1, 0.15) is 0 Å². The molecule has 1 fully saturated rings. The molecule has 1 aliphatic heterocycles. The Morgan fingerprint density at radius 1 is 1.04 bits per heavy atom. The highest BCUT2D eigenvalue weighted by molar-refractivity contribution is 5.95. The molecule has 1 saturated heterocycles. The third-order valence-electron chi connectivity index (χ3n) is 4.20. The van der Waals surface area contributed by atoms with E-state index in [1.807, 2.05) is 61.5 Å². The molecule has 0 bridgehead atoms. The van der Waals surface area contributed by atoms with E-state index < -0.39 is 5.79 Å². The molecule has 4 nitrogen and oxygen atoms in total. The molecule has 0 radical (unpaired) electrons. The first-order valence-corrected chi connectivity index (χ1v) is 8.38. The van der Waals surface area contributed by atoms with Crippen molar-refractivity contribution in [2.75, 3.05) is 19.8 Å². The van der Waals surface area contributed by atoms with E-state index in [0.717, 1.165) is 17.5 Å². The molecule has 24 heavy (non-hydrogen) atoms. The van der Waals surface area contributed by atoms with Crippen LogP contribution in [0.15, 0.2) is 54.6 Å². The molecule has 0 saturated carbocycles. The van der Waals surface area contributed by atoms with Crippen LogP contribution >= 0.6 is 0 Å². The molecule has 0 aromatic heterocycles. The van der Waals surface area contributed by atoms with Crippen molar-refractivity contribution in [2.24, 2.45) is 0 Å². The molecule has 126 valence electrons. The van der Waals surface area contributed by atoms with E-state index in [2.05, 4.69) is 5.32 Å². The van der Waals surface area contributed by atoms with E-state index in [1.165, 1.54) is 0 Å². The van der Waals surface area contributed by atoms with Gasteiger partial charge in [-0.25, -0.2) is 0 Å². The smallest absolute Gasteiger partial charge is 0.251 e. The normalized spacial score (nSPS) is 16.5. The zero-order chi connectivity index (χ0) is 16.8. The first-order chi connectivity index (χ1) is 11.7. The minimum Gasteiger partial charge on any atom is -0.352 e. The maximum atomic E-state index is 12.4. The van der Waals surface area contributed by atoms with Gasteiger partial charge in [-0.2, -0.15) is 0 Å². The average Bonchev–Trinajstić information content (AvgIpc) is 2.63. The Morgan fingerprint density at radius 2 is 1.75 bits per heavy atom. The van der Waals surface area contributed by atoms with Gasteiger partial charge in [-0.1, -0.05) is 42.5 Å². The van der Waals surface area contributed by atoms with Gasteiger partial charge in [0.25, 0.3) is 5.91 Å². The van der Waals surface area contributed by atoms with E-state index in [4.69, 9.17) is 9.47 Å². The van der Waals surface area contributed by atoms with Gasteiger partial charge >= 0.3 is 0 Å². The molecule has 0 aliphatic carbocycles. The van der Waals surface area contributed by atoms with E-state index in [0.29, 0.717) is 31.7 Å². The molecule has 2 aromatic rings. The first kappa shape index (κ1) is 16.7. The molecule has 1 aliphatic rings. The summed E-state index contributed by atoms with van der Waals surface area (Å²) < 4.78 is 11.3. The monoisotopic (exact) mass is 325 g/mol.